The summed E-state index contributed by atoms with van der Waals surface area (Å²) in [6.07, 6.45) is 29.7. The number of unbranched alkanes of at least 4 members (excludes halogenated alkanes) is 16. The van der Waals surface area contributed by atoms with Gasteiger partial charge in [-0.2, -0.15) is 0 Å². The van der Waals surface area contributed by atoms with Crippen LogP contribution in [0, 0.1) is 0 Å². The molecule has 35 heavy (non-hydrogen) atoms. The molecule has 198 valence electrons. The Morgan fingerprint density at radius 3 is 1.83 bits per heavy atom. The smallest absolute Gasteiger partial charge is 0.0456 e. The Hall–Kier alpha value is -1.70. The molecule has 0 amide bonds. The Bertz CT molecular complexity index is 787. The minimum atomic E-state index is 0.973. The molecule has 0 radical (unpaired) electrons. The van der Waals surface area contributed by atoms with Crippen molar-refractivity contribution in [2.45, 2.75) is 142 Å². The van der Waals surface area contributed by atoms with E-state index in [-0.39, 0.29) is 0 Å². The third-order valence-corrected chi connectivity index (χ3v) is 7.59. The first-order valence-electron chi connectivity index (χ1n) is 15.2. The van der Waals surface area contributed by atoms with Gasteiger partial charge in [0.25, 0.3) is 0 Å². The molecule has 0 saturated heterocycles. The van der Waals surface area contributed by atoms with E-state index < -0.39 is 0 Å². The summed E-state index contributed by atoms with van der Waals surface area (Å²) >= 11 is 0. The van der Waals surface area contributed by atoms with Crippen LogP contribution >= 0.6 is 0 Å². The number of hydrogen-bond donors (Lipinski definition) is 2. The molecule has 0 atom stereocenters. The number of aryl methyl sites for hydroxylation is 1. The van der Waals surface area contributed by atoms with E-state index in [0.29, 0.717) is 0 Å². The van der Waals surface area contributed by atoms with Crippen LogP contribution in [0.2, 0.25) is 0 Å². The first-order chi connectivity index (χ1) is 17.2. The van der Waals surface area contributed by atoms with E-state index in [1.807, 2.05) is 0 Å². The first kappa shape index (κ1) is 29.5. The molecule has 0 fully saturated rings. The third kappa shape index (κ3) is 13.3. The fourth-order valence-electron chi connectivity index (χ4n) is 5.18. The lowest BCUT2D eigenvalue weighted by molar-refractivity contribution is 0.526. The van der Waals surface area contributed by atoms with Crippen molar-refractivity contribution >= 4 is 10.9 Å². The molecular weight excluding hydrogens is 424 g/mol. The SMILES string of the molecule is C=C(CCCCCCCCCCCCCCCCCCC)NCCc1c[nH]c2ccc(CC)cc12. The maximum atomic E-state index is 4.26. The van der Waals surface area contributed by atoms with Gasteiger partial charge < -0.3 is 10.3 Å². The summed E-state index contributed by atoms with van der Waals surface area (Å²) in [7, 11) is 0. The molecule has 2 nitrogen and oxygen atoms in total. The van der Waals surface area contributed by atoms with E-state index in [1.165, 1.54) is 137 Å². The second-order valence-electron chi connectivity index (χ2n) is 10.7. The van der Waals surface area contributed by atoms with E-state index in [0.717, 1.165) is 25.8 Å². The molecule has 2 N–H and O–H groups in total. The highest BCUT2D eigenvalue weighted by atomic mass is 14.9. The number of benzene rings is 1. The van der Waals surface area contributed by atoms with Gasteiger partial charge in [-0.25, -0.2) is 0 Å². The van der Waals surface area contributed by atoms with E-state index in [1.54, 1.807) is 0 Å². The number of fused-ring (bicyclic) bond motifs is 1. The van der Waals surface area contributed by atoms with Crippen LogP contribution in [0.15, 0.2) is 36.7 Å². The van der Waals surface area contributed by atoms with E-state index in [9.17, 15) is 0 Å². The zero-order valence-electron chi connectivity index (χ0n) is 23.4. The molecule has 1 aromatic carbocycles. The summed E-state index contributed by atoms with van der Waals surface area (Å²) in [5.41, 5.74) is 5.28. The van der Waals surface area contributed by atoms with Gasteiger partial charge >= 0.3 is 0 Å². The van der Waals surface area contributed by atoms with Crippen molar-refractivity contribution in [2.75, 3.05) is 6.54 Å². The minimum absolute atomic E-state index is 0.973. The van der Waals surface area contributed by atoms with Crippen LogP contribution in [0.25, 0.3) is 10.9 Å². The molecule has 2 rings (SSSR count). The van der Waals surface area contributed by atoms with Gasteiger partial charge in [-0.1, -0.05) is 129 Å². The first-order valence-corrected chi connectivity index (χ1v) is 15.2. The van der Waals surface area contributed by atoms with E-state index in [2.05, 4.69) is 55.1 Å². The molecule has 2 aromatic rings. The maximum absolute atomic E-state index is 4.26. The number of aromatic nitrogens is 1. The lowest BCUT2D eigenvalue weighted by Crippen LogP contribution is -2.15. The number of aromatic amines is 1. The summed E-state index contributed by atoms with van der Waals surface area (Å²) in [4.78, 5) is 3.41. The van der Waals surface area contributed by atoms with Gasteiger partial charge in [0.15, 0.2) is 0 Å². The Morgan fingerprint density at radius 2 is 1.29 bits per heavy atom. The molecule has 2 heteroatoms. The standard InChI is InChI=1S/C33H56N2/c1-4-6-7-8-9-10-11-12-13-14-15-16-17-18-19-20-21-22-29(3)34-26-25-31-28-35-33-24-23-30(5-2)27-32(31)33/h23-24,27-28,34-35H,3-22,25-26H2,1-2H3. The predicted octanol–water partition coefficient (Wildman–Crippen LogP) is 10.4. The maximum Gasteiger partial charge on any atom is 0.0456 e. The van der Waals surface area contributed by atoms with Crippen molar-refractivity contribution in [3.05, 3.63) is 47.8 Å². The molecule has 1 aromatic heterocycles. The molecule has 0 aliphatic carbocycles. The van der Waals surface area contributed by atoms with Crippen LogP contribution in [-0.2, 0) is 12.8 Å². The molecular formula is C33H56N2. The molecule has 0 saturated carbocycles. The van der Waals surface area contributed by atoms with Gasteiger partial charge in [-0.05, 0) is 48.9 Å². The summed E-state index contributed by atoms with van der Waals surface area (Å²) < 4.78 is 0. The zero-order valence-corrected chi connectivity index (χ0v) is 23.4. The van der Waals surface area contributed by atoms with E-state index >= 15 is 0 Å². The molecule has 0 spiro atoms. The van der Waals surface area contributed by atoms with Crippen molar-refractivity contribution in [3.8, 4) is 0 Å². The van der Waals surface area contributed by atoms with Gasteiger partial charge in [-0.3, -0.25) is 0 Å². The Labute approximate surface area is 217 Å². The number of rotatable bonds is 23. The number of allylic oxidation sites excluding steroid dienone is 1. The number of H-pyrrole nitrogens is 1. The summed E-state index contributed by atoms with van der Waals surface area (Å²) in [6.45, 7) is 9.75. The van der Waals surface area contributed by atoms with Crippen LogP contribution in [-0.4, -0.2) is 11.5 Å². The van der Waals surface area contributed by atoms with Crippen molar-refractivity contribution in [1.82, 2.24) is 10.3 Å². The van der Waals surface area contributed by atoms with Crippen LogP contribution in [0.1, 0.15) is 141 Å². The summed E-state index contributed by atoms with van der Waals surface area (Å²) in [5.74, 6) is 0. The fourth-order valence-corrected chi connectivity index (χ4v) is 5.18. The summed E-state index contributed by atoms with van der Waals surface area (Å²) in [6, 6.07) is 6.77. The highest BCUT2D eigenvalue weighted by molar-refractivity contribution is 5.83. The largest absolute Gasteiger partial charge is 0.388 e. The molecule has 0 bridgehead atoms. The van der Waals surface area contributed by atoms with E-state index in [4.69, 9.17) is 0 Å². The predicted molar refractivity (Wildman–Crippen MR) is 157 cm³/mol. The molecule has 0 unspecified atom stereocenters. The third-order valence-electron chi connectivity index (χ3n) is 7.59. The van der Waals surface area contributed by atoms with Gasteiger partial charge in [0, 0.05) is 29.3 Å². The van der Waals surface area contributed by atoms with Crippen molar-refractivity contribution in [2.24, 2.45) is 0 Å². The van der Waals surface area contributed by atoms with Crippen molar-refractivity contribution in [1.29, 1.82) is 0 Å². The topological polar surface area (TPSA) is 27.8 Å². The van der Waals surface area contributed by atoms with Crippen molar-refractivity contribution in [3.63, 3.8) is 0 Å². The normalized spacial score (nSPS) is 11.4. The van der Waals surface area contributed by atoms with Crippen LogP contribution in [0.4, 0.5) is 0 Å². The van der Waals surface area contributed by atoms with Crippen LogP contribution in [0.3, 0.4) is 0 Å². The molecule has 0 aliphatic rings. The Kier molecular flexibility index (Phi) is 16.4. The molecule has 1 heterocycles. The quantitative estimate of drug-likeness (QED) is 0.152. The highest BCUT2D eigenvalue weighted by Crippen LogP contribution is 2.21. The second kappa shape index (κ2) is 19.5. The average Bonchev–Trinajstić information content (AvgIpc) is 3.28. The zero-order chi connectivity index (χ0) is 25.0. The van der Waals surface area contributed by atoms with Gasteiger partial charge in [-0.15, -0.1) is 0 Å². The summed E-state index contributed by atoms with van der Waals surface area (Å²) in [5, 5.41) is 4.94. The number of hydrogen-bond acceptors (Lipinski definition) is 1. The highest BCUT2D eigenvalue weighted by Gasteiger charge is 2.05. The van der Waals surface area contributed by atoms with Crippen LogP contribution in [0.5, 0.6) is 0 Å². The number of nitrogens with one attached hydrogen (secondary N) is 2. The Balaban J connectivity index is 1.35. The lowest BCUT2D eigenvalue weighted by Gasteiger charge is -2.09. The van der Waals surface area contributed by atoms with Gasteiger partial charge in [0.1, 0.15) is 0 Å². The Morgan fingerprint density at radius 1 is 0.743 bits per heavy atom. The van der Waals surface area contributed by atoms with Crippen molar-refractivity contribution < 1.29 is 0 Å². The second-order valence-corrected chi connectivity index (χ2v) is 10.7. The van der Waals surface area contributed by atoms with Gasteiger partial charge in [0.05, 0.1) is 0 Å². The molecule has 0 aliphatic heterocycles. The average molecular weight is 481 g/mol. The fraction of sp³-hybridized carbons (Fsp3) is 0.697. The minimum Gasteiger partial charge on any atom is -0.388 e. The van der Waals surface area contributed by atoms with Gasteiger partial charge in [0.2, 0.25) is 0 Å². The monoisotopic (exact) mass is 480 g/mol. The van der Waals surface area contributed by atoms with Crippen LogP contribution < -0.4 is 5.32 Å². The lowest BCUT2D eigenvalue weighted by atomic mass is 10.0.